The lowest BCUT2D eigenvalue weighted by Crippen LogP contribution is -2.21. The number of carbonyl (C=O) groups excluding carboxylic acids is 2. The van der Waals surface area contributed by atoms with Gasteiger partial charge in [-0.05, 0) is 35.4 Å². The van der Waals surface area contributed by atoms with Crippen LogP contribution < -0.4 is 10.9 Å². The van der Waals surface area contributed by atoms with Crippen LogP contribution in [0.25, 0.3) is 12.2 Å². The third-order valence-electron chi connectivity index (χ3n) is 6.19. The summed E-state index contributed by atoms with van der Waals surface area (Å²) in [6, 6.07) is 7.76. The zero-order valence-corrected chi connectivity index (χ0v) is 23.0. The zero-order chi connectivity index (χ0) is 33.7. The maximum absolute atomic E-state index is 12.0. The maximum atomic E-state index is 12.0. The molecule has 0 radical (unpaired) electrons. The van der Waals surface area contributed by atoms with Crippen molar-refractivity contribution in [2.24, 2.45) is 10.2 Å². The zero-order valence-electron chi connectivity index (χ0n) is 23.0. The maximum Gasteiger partial charge on any atom is 0.338 e. The molecule has 16 heteroatoms. The molecule has 0 aliphatic heterocycles. The molecule has 0 saturated heterocycles. The van der Waals surface area contributed by atoms with E-state index in [0.29, 0.717) is 0 Å². The van der Waals surface area contributed by atoms with Crippen molar-refractivity contribution in [2.75, 3.05) is 10.9 Å². The molecule has 0 unspecified atom stereocenters. The second-order valence-corrected chi connectivity index (χ2v) is 9.28. The third kappa shape index (κ3) is 7.09. The first-order valence-corrected chi connectivity index (χ1v) is 12.7. The second kappa shape index (κ2) is 13.0. The van der Waals surface area contributed by atoms with E-state index in [1.165, 1.54) is 36.4 Å². The highest BCUT2D eigenvalue weighted by atomic mass is 16.4. The number of aliphatic hydroxyl groups is 2. The number of nitrogens with one attached hydrogen (secondary N) is 2. The number of hydrazone groups is 2. The summed E-state index contributed by atoms with van der Waals surface area (Å²) >= 11 is 0. The van der Waals surface area contributed by atoms with Crippen molar-refractivity contribution in [2.45, 2.75) is 0 Å². The van der Waals surface area contributed by atoms with Crippen LogP contribution in [0.15, 0.2) is 93.6 Å². The summed E-state index contributed by atoms with van der Waals surface area (Å²) in [6.45, 7) is 0. The average Bonchev–Trinajstić information content (AvgIpc) is 2.98. The number of rotatable bonds is 10. The molecule has 2 aromatic rings. The van der Waals surface area contributed by atoms with Crippen molar-refractivity contribution in [3.05, 3.63) is 106 Å². The predicted molar refractivity (Wildman–Crippen MR) is 161 cm³/mol. The smallest absolute Gasteiger partial charge is 0.338 e. The minimum atomic E-state index is -1.53. The standard InChI is InChI=1S/C30H20N4O12/c35-17-9-21(29(43)44)25(23(37)11-17)33-31-15-5-3-13(19(7-15)27(39)40)1-2-14-4-6-16(8-20(14)28(41)42)32-34-26-22(30(45)46)10-18(36)12-24(26)38/h1-12,31-32,37-38H,(H,39,40)(H,41,42)(H,43,44)(H,45,46)/b2-1+,33-25-,34-26+. The van der Waals surface area contributed by atoms with Crippen LogP contribution in [0.1, 0.15) is 31.8 Å². The van der Waals surface area contributed by atoms with Crippen molar-refractivity contribution in [1.29, 1.82) is 0 Å². The highest BCUT2D eigenvalue weighted by Gasteiger charge is 2.26. The number of benzene rings is 2. The van der Waals surface area contributed by atoms with Gasteiger partial charge in [0.25, 0.3) is 0 Å². The molecule has 8 N–H and O–H groups in total. The molecule has 0 spiro atoms. The lowest BCUT2D eigenvalue weighted by Gasteiger charge is -2.12. The van der Waals surface area contributed by atoms with E-state index >= 15 is 0 Å². The molecule has 0 amide bonds. The molecule has 0 saturated carbocycles. The quantitative estimate of drug-likeness (QED) is 0.107. The van der Waals surface area contributed by atoms with E-state index in [1.54, 1.807) is 0 Å². The molecule has 4 rings (SSSR count). The molecule has 0 heterocycles. The largest absolute Gasteiger partial charge is 0.505 e. The normalized spacial score (nSPS) is 16.4. The number of carboxylic acids is 4. The van der Waals surface area contributed by atoms with Crippen LogP contribution in [0.5, 0.6) is 0 Å². The van der Waals surface area contributed by atoms with E-state index in [9.17, 15) is 59.4 Å². The molecule has 0 fully saturated rings. The van der Waals surface area contributed by atoms with Crippen molar-refractivity contribution in [1.82, 2.24) is 0 Å². The molecule has 232 valence electrons. The van der Waals surface area contributed by atoms with Crippen molar-refractivity contribution in [3.63, 3.8) is 0 Å². The van der Waals surface area contributed by atoms with Crippen LogP contribution in [-0.4, -0.2) is 77.5 Å². The molecular formula is C30H20N4O12. The average molecular weight is 629 g/mol. The van der Waals surface area contributed by atoms with Crippen molar-refractivity contribution < 1.29 is 59.4 Å². The van der Waals surface area contributed by atoms with Gasteiger partial charge in [0.15, 0.2) is 11.6 Å². The molecule has 2 aliphatic carbocycles. The number of hydrogen-bond acceptors (Lipinski definition) is 12. The summed E-state index contributed by atoms with van der Waals surface area (Å²) in [5.74, 6) is -8.73. The van der Waals surface area contributed by atoms with Gasteiger partial charge in [0.1, 0.15) is 22.9 Å². The Morgan fingerprint density at radius 2 is 0.935 bits per heavy atom. The van der Waals surface area contributed by atoms with Gasteiger partial charge >= 0.3 is 23.9 Å². The number of anilines is 2. The Hall–Kier alpha value is -7.10. The van der Waals surface area contributed by atoms with E-state index < -0.39 is 69.5 Å². The van der Waals surface area contributed by atoms with Gasteiger partial charge in [-0.1, -0.05) is 24.3 Å². The third-order valence-corrected chi connectivity index (χ3v) is 6.19. The Morgan fingerprint density at radius 3 is 1.26 bits per heavy atom. The van der Waals surface area contributed by atoms with E-state index in [-0.39, 0.29) is 33.6 Å². The van der Waals surface area contributed by atoms with Crippen LogP contribution in [0.2, 0.25) is 0 Å². The molecule has 0 bridgehead atoms. The number of hydrogen-bond donors (Lipinski definition) is 8. The fraction of sp³-hybridized carbons (Fsp3) is 0. The summed E-state index contributed by atoms with van der Waals surface area (Å²) in [6.07, 6.45) is 5.70. The molecule has 2 aliphatic rings. The van der Waals surface area contributed by atoms with Crippen LogP contribution in [0.4, 0.5) is 11.4 Å². The molecular weight excluding hydrogens is 608 g/mol. The first-order chi connectivity index (χ1) is 21.7. The minimum absolute atomic E-state index is 0.0730. The fourth-order valence-electron chi connectivity index (χ4n) is 4.08. The van der Waals surface area contributed by atoms with Crippen LogP contribution >= 0.6 is 0 Å². The van der Waals surface area contributed by atoms with Gasteiger partial charge in [0.05, 0.1) is 33.6 Å². The van der Waals surface area contributed by atoms with Crippen LogP contribution in [0, 0.1) is 0 Å². The van der Waals surface area contributed by atoms with Crippen molar-refractivity contribution in [3.8, 4) is 0 Å². The fourth-order valence-corrected chi connectivity index (χ4v) is 4.08. The van der Waals surface area contributed by atoms with Crippen LogP contribution in [0.3, 0.4) is 0 Å². The summed E-state index contributed by atoms with van der Waals surface area (Å²) in [7, 11) is 0. The minimum Gasteiger partial charge on any atom is -0.505 e. The lowest BCUT2D eigenvalue weighted by molar-refractivity contribution is -0.133. The first kappa shape index (κ1) is 31.8. The number of allylic oxidation sites excluding steroid dienone is 6. The monoisotopic (exact) mass is 628 g/mol. The highest BCUT2D eigenvalue weighted by molar-refractivity contribution is 6.32. The lowest BCUT2D eigenvalue weighted by atomic mass is 10.0. The number of carbonyl (C=O) groups is 6. The summed E-state index contributed by atoms with van der Waals surface area (Å²) < 4.78 is 0. The SMILES string of the molecule is O=C1C=C(O)/C(=N\Nc2ccc(/C=C/c3ccc(N/N=C4/C(O)=CC(=O)C=C4C(=O)O)cc3C(=O)O)c(C(=O)O)c2)C(C(=O)O)=C1. The van der Waals surface area contributed by atoms with Gasteiger partial charge in [-0.15, -0.1) is 0 Å². The number of ketones is 2. The van der Waals surface area contributed by atoms with Gasteiger partial charge < -0.3 is 30.6 Å². The van der Waals surface area contributed by atoms with E-state index in [4.69, 9.17) is 0 Å². The molecule has 0 aromatic heterocycles. The Balaban J connectivity index is 1.60. The summed E-state index contributed by atoms with van der Waals surface area (Å²) in [5, 5.41) is 65.7. The van der Waals surface area contributed by atoms with Gasteiger partial charge in [-0.25, -0.2) is 19.2 Å². The second-order valence-electron chi connectivity index (χ2n) is 9.28. The van der Waals surface area contributed by atoms with Gasteiger partial charge in [-0.2, -0.15) is 10.2 Å². The Labute approximate surface area is 256 Å². The molecule has 2 aromatic carbocycles. The molecule has 46 heavy (non-hydrogen) atoms. The van der Waals surface area contributed by atoms with E-state index in [2.05, 4.69) is 21.1 Å². The number of nitrogens with zero attached hydrogens (tertiary/aromatic N) is 2. The Morgan fingerprint density at radius 1 is 0.565 bits per heavy atom. The van der Waals surface area contributed by atoms with E-state index in [1.807, 2.05) is 0 Å². The van der Waals surface area contributed by atoms with Gasteiger partial charge in [0.2, 0.25) is 0 Å². The number of aliphatic hydroxyl groups excluding tert-OH is 2. The number of aliphatic carboxylic acids is 2. The number of aromatic carboxylic acids is 2. The van der Waals surface area contributed by atoms with E-state index in [0.717, 1.165) is 36.4 Å². The number of carboxylic acid groups (broad SMARTS) is 4. The predicted octanol–water partition coefficient (Wildman–Crippen LogP) is 2.86. The highest BCUT2D eigenvalue weighted by Crippen LogP contribution is 2.23. The summed E-state index contributed by atoms with van der Waals surface area (Å²) in [4.78, 5) is 69.9. The molecule has 16 nitrogen and oxygen atoms in total. The first-order valence-electron chi connectivity index (χ1n) is 12.7. The van der Waals surface area contributed by atoms with Gasteiger partial charge in [-0.3, -0.25) is 20.4 Å². The van der Waals surface area contributed by atoms with Gasteiger partial charge in [0, 0.05) is 24.3 Å². The molecule has 0 atom stereocenters. The Bertz CT molecular complexity index is 1820. The van der Waals surface area contributed by atoms with Crippen molar-refractivity contribution >= 4 is 70.4 Å². The van der Waals surface area contributed by atoms with Crippen LogP contribution in [-0.2, 0) is 19.2 Å². The Kier molecular flexibility index (Phi) is 9.02. The topological polar surface area (TPSA) is 273 Å². The summed E-state index contributed by atoms with van der Waals surface area (Å²) in [5.41, 5.74) is 2.68.